The van der Waals surface area contributed by atoms with Crippen LogP contribution in [0.5, 0.6) is 0 Å². The molecule has 31 heavy (non-hydrogen) atoms. The summed E-state index contributed by atoms with van der Waals surface area (Å²) in [4.78, 5) is 21.0. The van der Waals surface area contributed by atoms with Crippen molar-refractivity contribution in [2.75, 3.05) is 37.7 Å². The molecule has 0 aliphatic carbocycles. The number of rotatable bonds is 2. The van der Waals surface area contributed by atoms with Crippen LogP contribution in [0, 0.1) is 11.8 Å². The fourth-order valence-corrected chi connectivity index (χ4v) is 5.16. The highest BCUT2D eigenvalue weighted by atomic mass is 35.5. The van der Waals surface area contributed by atoms with Crippen molar-refractivity contribution in [1.29, 1.82) is 0 Å². The highest BCUT2D eigenvalue weighted by molar-refractivity contribution is 6.30. The van der Waals surface area contributed by atoms with Gasteiger partial charge in [-0.25, -0.2) is 14.5 Å². The number of hydrogen-bond acceptors (Lipinski definition) is 6. The van der Waals surface area contributed by atoms with Crippen LogP contribution in [-0.2, 0) is 9.47 Å². The Morgan fingerprint density at radius 1 is 1.19 bits per heavy atom. The summed E-state index contributed by atoms with van der Waals surface area (Å²) >= 11 is 6.21. The van der Waals surface area contributed by atoms with Gasteiger partial charge in [-0.2, -0.15) is 5.10 Å². The molecule has 1 amide bonds. The van der Waals surface area contributed by atoms with Crippen LogP contribution in [0.1, 0.15) is 46.3 Å². The van der Waals surface area contributed by atoms with Crippen molar-refractivity contribution in [3.8, 4) is 0 Å². The first-order valence-corrected chi connectivity index (χ1v) is 11.5. The zero-order valence-electron chi connectivity index (χ0n) is 18.4. The summed E-state index contributed by atoms with van der Waals surface area (Å²) in [5.41, 5.74) is 0.497. The predicted octanol–water partition coefficient (Wildman–Crippen LogP) is 4.09. The lowest BCUT2D eigenvalue weighted by atomic mass is 10.0. The topological polar surface area (TPSA) is 72.7 Å². The molecule has 3 fully saturated rings. The average Bonchev–Trinajstić information content (AvgIpc) is 3.38. The zero-order valence-corrected chi connectivity index (χ0v) is 19.1. The van der Waals surface area contributed by atoms with E-state index in [1.54, 1.807) is 0 Å². The minimum atomic E-state index is -0.470. The van der Waals surface area contributed by atoms with Gasteiger partial charge in [-0.3, -0.25) is 0 Å². The van der Waals surface area contributed by atoms with E-state index in [0.717, 1.165) is 68.8 Å². The Labute approximate surface area is 187 Å². The molecule has 3 aliphatic rings. The number of nitrogens with zero attached hydrogens (tertiary/aromatic N) is 5. The smallest absolute Gasteiger partial charge is 0.410 e. The first kappa shape index (κ1) is 20.8. The molecule has 3 atom stereocenters. The second-order valence-corrected chi connectivity index (χ2v) is 10.3. The highest BCUT2D eigenvalue weighted by Gasteiger charge is 2.43. The molecule has 0 spiro atoms. The van der Waals surface area contributed by atoms with Crippen LogP contribution in [0.2, 0.25) is 5.15 Å². The molecular formula is C22H30ClN5O3. The third-order valence-electron chi connectivity index (χ3n) is 6.40. The molecule has 3 unspecified atom stereocenters. The molecule has 2 aromatic heterocycles. The third-order valence-corrected chi connectivity index (χ3v) is 6.61. The molecule has 168 valence electrons. The van der Waals surface area contributed by atoms with Crippen molar-refractivity contribution in [2.24, 2.45) is 11.8 Å². The summed E-state index contributed by atoms with van der Waals surface area (Å²) < 4.78 is 13.5. The molecule has 0 N–H and O–H groups in total. The van der Waals surface area contributed by atoms with Crippen LogP contribution in [0.4, 0.5) is 10.6 Å². The lowest BCUT2D eigenvalue weighted by Gasteiger charge is -2.26. The molecule has 3 aliphatic heterocycles. The van der Waals surface area contributed by atoms with Crippen LogP contribution < -0.4 is 4.90 Å². The molecule has 0 saturated carbocycles. The summed E-state index contributed by atoms with van der Waals surface area (Å²) in [5, 5.41) is 6.44. The third kappa shape index (κ3) is 4.07. The summed E-state index contributed by atoms with van der Waals surface area (Å²) in [7, 11) is 0. The summed E-state index contributed by atoms with van der Waals surface area (Å²) in [5.74, 6) is 1.77. The molecule has 9 heteroatoms. The maximum Gasteiger partial charge on any atom is 0.410 e. The van der Waals surface area contributed by atoms with Crippen molar-refractivity contribution in [3.63, 3.8) is 0 Å². The maximum absolute atomic E-state index is 12.5. The summed E-state index contributed by atoms with van der Waals surface area (Å²) in [6.45, 7) is 9.65. The van der Waals surface area contributed by atoms with Crippen molar-refractivity contribution in [1.82, 2.24) is 19.7 Å². The van der Waals surface area contributed by atoms with Crippen molar-refractivity contribution < 1.29 is 14.3 Å². The molecule has 0 radical (unpaired) electrons. The molecule has 3 saturated heterocycles. The molecule has 0 aromatic carbocycles. The van der Waals surface area contributed by atoms with E-state index in [9.17, 15) is 4.79 Å². The SMILES string of the molecule is CC(C)(C)OC(=O)N1CC2CN(c3nn(C4CCCCO4)c4cc(Cl)ncc34)CC2C1. The van der Waals surface area contributed by atoms with E-state index < -0.39 is 5.60 Å². The first-order chi connectivity index (χ1) is 14.8. The summed E-state index contributed by atoms with van der Waals surface area (Å²) in [6.07, 6.45) is 4.72. The van der Waals surface area contributed by atoms with E-state index in [4.69, 9.17) is 26.2 Å². The van der Waals surface area contributed by atoms with Crippen LogP contribution in [0.15, 0.2) is 12.3 Å². The van der Waals surface area contributed by atoms with Gasteiger partial charge < -0.3 is 19.3 Å². The van der Waals surface area contributed by atoms with Gasteiger partial charge >= 0.3 is 6.09 Å². The number of hydrogen-bond donors (Lipinski definition) is 0. The van der Waals surface area contributed by atoms with Crippen LogP contribution >= 0.6 is 11.6 Å². The molecule has 5 heterocycles. The van der Waals surface area contributed by atoms with E-state index in [2.05, 4.69) is 9.88 Å². The van der Waals surface area contributed by atoms with Gasteiger partial charge in [0.1, 0.15) is 10.8 Å². The number of fused-ring (bicyclic) bond motifs is 2. The van der Waals surface area contributed by atoms with E-state index in [0.29, 0.717) is 17.0 Å². The number of aromatic nitrogens is 3. The van der Waals surface area contributed by atoms with Crippen molar-refractivity contribution in [2.45, 2.75) is 51.9 Å². The first-order valence-electron chi connectivity index (χ1n) is 11.2. The quantitative estimate of drug-likeness (QED) is 0.645. The minimum absolute atomic E-state index is 0.0618. The monoisotopic (exact) mass is 447 g/mol. The Morgan fingerprint density at radius 2 is 1.94 bits per heavy atom. The van der Waals surface area contributed by atoms with Gasteiger partial charge in [0.05, 0.1) is 10.9 Å². The van der Waals surface area contributed by atoms with Crippen LogP contribution in [-0.4, -0.2) is 64.1 Å². The number of anilines is 1. The van der Waals surface area contributed by atoms with Gasteiger partial charge in [-0.1, -0.05) is 11.6 Å². The van der Waals surface area contributed by atoms with Gasteiger partial charge in [0.25, 0.3) is 0 Å². The fraction of sp³-hybridized carbons (Fsp3) is 0.682. The Hall–Kier alpha value is -2.06. The van der Waals surface area contributed by atoms with E-state index in [1.807, 2.05) is 42.6 Å². The number of ether oxygens (including phenoxy) is 2. The Balaban J connectivity index is 1.36. The number of likely N-dealkylation sites (tertiary alicyclic amines) is 1. The Bertz CT molecular complexity index is 967. The van der Waals surface area contributed by atoms with Crippen molar-refractivity contribution >= 4 is 34.4 Å². The number of carbonyl (C=O) groups excluding carboxylic acids is 1. The van der Waals surface area contributed by atoms with E-state index >= 15 is 0 Å². The number of pyridine rings is 1. The predicted molar refractivity (Wildman–Crippen MR) is 118 cm³/mol. The van der Waals surface area contributed by atoms with Gasteiger partial charge in [-0.15, -0.1) is 0 Å². The Kier molecular flexibility index (Phi) is 5.25. The minimum Gasteiger partial charge on any atom is -0.444 e. The fourth-order valence-electron chi connectivity index (χ4n) is 5.00. The maximum atomic E-state index is 12.5. The molecular weight excluding hydrogens is 418 g/mol. The van der Waals surface area contributed by atoms with Crippen LogP contribution in [0.3, 0.4) is 0 Å². The van der Waals surface area contributed by atoms with Crippen LogP contribution in [0.25, 0.3) is 10.9 Å². The molecule has 8 nitrogen and oxygen atoms in total. The van der Waals surface area contributed by atoms with Gasteiger partial charge in [0, 0.05) is 56.9 Å². The average molecular weight is 448 g/mol. The van der Waals surface area contributed by atoms with Gasteiger partial charge in [0.2, 0.25) is 0 Å². The molecule has 0 bridgehead atoms. The highest BCUT2D eigenvalue weighted by Crippen LogP contribution is 2.38. The number of amides is 1. The second kappa shape index (κ2) is 7.81. The largest absolute Gasteiger partial charge is 0.444 e. The summed E-state index contributed by atoms with van der Waals surface area (Å²) in [6, 6.07) is 1.88. The van der Waals surface area contributed by atoms with E-state index in [1.165, 1.54) is 0 Å². The van der Waals surface area contributed by atoms with Crippen molar-refractivity contribution in [3.05, 3.63) is 17.4 Å². The number of halogens is 1. The lowest BCUT2D eigenvalue weighted by Crippen LogP contribution is -2.37. The van der Waals surface area contributed by atoms with Gasteiger partial charge in [-0.05, 0) is 40.0 Å². The normalized spacial score (nSPS) is 26.5. The molecule has 2 aromatic rings. The standard InChI is InChI=1S/C22H30ClN5O3/c1-22(2,3)31-21(29)27-12-14-10-26(11-15(14)13-27)20-16-9-24-18(23)8-17(16)28(25-20)19-6-4-5-7-30-19/h8-9,14-15,19H,4-7,10-13H2,1-3H3. The zero-order chi connectivity index (χ0) is 21.8. The number of carbonyl (C=O) groups is 1. The van der Waals surface area contributed by atoms with E-state index in [-0.39, 0.29) is 12.3 Å². The molecule has 5 rings (SSSR count). The lowest BCUT2D eigenvalue weighted by molar-refractivity contribution is -0.0365. The Morgan fingerprint density at radius 3 is 2.58 bits per heavy atom. The second-order valence-electron chi connectivity index (χ2n) is 9.92. The van der Waals surface area contributed by atoms with Gasteiger partial charge in [0.15, 0.2) is 12.0 Å².